The van der Waals surface area contributed by atoms with Crippen LogP contribution in [0.25, 0.3) is 0 Å². The molecule has 0 aromatic carbocycles. The molecule has 4 heteroatoms. The van der Waals surface area contributed by atoms with Crippen LogP contribution in [0.5, 0.6) is 0 Å². The molecule has 0 spiro atoms. The molecule has 0 amide bonds. The summed E-state index contributed by atoms with van der Waals surface area (Å²) in [6.07, 6.45) is -0.0370. The van der Waals surface area contributed by atoms with Crippen molar-refractivity contribution in [2.75, 3.05) is 26.4 Å². The Morgan fingerprint density at radius 2 is 1.33 bits per heavy atom. The van der Waals surface area contributed by atoms with Gasteiger partial charge in [0, 0.05) is 18.6 Å². The molecular weight excluding hydrogens is 196 g/mol. The second-order valence-electron chi connectivity index (χ2n) is 3.96. The van der Waals surface area contributed by atoms with Crippen LogP contribution in [0.4, 0.5) is 0 Å². The molecule has 0 heterocycles. The number of aliphatic hydroxyl groups excluding tert-OH is 2. The summed E-state index contributed by atoms with van der Waals surface area (Å²) in [4.78, 5) is 0. The summed E-state index contributed by atoms with van der Waals surface area (Å²) in [5.41, 5.74) is -0.306. The zero-order valence-electron chi connectivity index (χ0n) is 10.6. The van der Waals surface area contributed by atoms with E-state index < -0.39 is 0 Å². The van der Waals surface area contributed by atoms with Gasteiger partial charge in [0.1, 0.15) is 0 Å². The van der Waals surface area contributed by atoms with Crippen molar-refractivity contribution in [1.29, 1.82) is 0 Å². The summed E-state index contributed by atoms with van der Waals surface area (Å²) < 4.78 is 10.1. The fourth-order valence-electron chi connectivity index (χ4n) is 0.568. The van der Waals surface area contributed by atoms with E-state index in [0.717, 1.165) is 13.2 Å². The van der Waals surface area contributed by atoms with Gasteiger partial charge in [-0.3, -0.25) is 0 Å². The van der Waals surface area contributed by atoms with Crippen molar-refractivity contribution in [2.45, 2.75) is 40.9 Å². The standard InChI is InChI=1S/C6H14O2.C5H12O2/c1-4-7-6(3)8-5-2;1-5(2,3-6)4-7/h6H,4-5H2,1-3H3;6-7H,3-4H2,1-2H3. The Morgan fingerprint density at radius 1 is 1.00 bits per heavy atom. The monoisotopic (exact) mass is 222 g/mol. The van der Waals surface area contributed by atoms with Crippen molar-refractivity contribution < 1.29 is 19.7 Å². The van der Waals surface area contributed by atoms with Gasteiger partial charge >= 0.3 is 0 Å². The van der Waals surface area contributed by atoms with Gasteiger partial charge in [0.05, 0.1) is 13.2 Å². The average molecular weight is 222 g/mol. The van der Waals surface area contributed by atoms with Crippen LogP contribution in [-0.4, -0.2) is 42.9 Å². The molecule has 0 radical (unpaired) electrons. The Bertz CT molecular complexity index is 114. The lowest BCUT2D eigenvalue weighted by Gasteiger charge is -2.16. The Kier molecular flexibility index (Phi) is 11.9. The molecular formula is C11H26O4. The van der Waals surface area contributed by atoms with Crippen molar-refractivity contribution >= 4 is 0 Å². The van der Waals surface area contributed by atoms with Crippen molar-refractivity contribution in [3.8, 4) is 0 Å². The van der Waals surface area contributed by atoms with Crippen molar-refractivity contribution in [1.82, 2.24) is 0 Å². The van der Waals surface area contributed by atoms with Gasteiger partial charge in [0.25, 0.3) is 0 Å². The molecule has 0 bridgehead atoms. The van der Waals surface area contributed by atoms with E-state index in [-0.39, 0.29) is 24.9 Å². The Hall–Kier alpha value is -0.160. The van der Waals surface area contributed by atoms with Crippen LogP contribution in [0, 0.1) is 5.41 Å². The first-order valence-corrected chi connectivity index (χ1v) is 5.38. The minimum Gasteiger partial charge on any atom is -0.396 e. The number of ether oxygens (including phenoxy) is 2. The largest absolute Gasteiger partial charge is 0.396 e. The SMILES string of the molecule is CC(C)(CO)CO.CCOC(C)OCC. The third-order valence-corrected chi connectivity index (χ3v) is 1.66. The Balaban J connectivity index is 0. The maximum atomic E-state index is 8.43. The molecule has 4 nitrogen and oxygen atoms in total. The zero-order valence-corrected chi connectivity index (χ0v) is 10.6. The van der Waals surface area contributed by atoms with Gasteiger partial charge in [-0.15, -0.1) is 0 Å². The van der Waals surface area contributed by atoms with E-state index in [1.807, 2.05) is 20.8 Å². The van der Waals surface area contributed by atoms with E-state index in [9.17, 15) is 0 Å². The zero-order chi connectivity index (χ0) is 12.3. The van der Waals surface area contributed by atoms with Gasteiger partial charge in [0.15, 0.2) is 6.29 Å². The van der Waals surface area contributed by atoms with E-state index >= 15 is 0 Å². The van der Waals surface area contributed by atoms with Crippen LogP contribution in [0.3, 0.4) is 0 Å². The molecule has 0 aliphatic carbocycles. The quantitative estimate of drug-likeness (QED) is 0.667. The van der Waals surface area contributed by atoms with Crippen LogP contribution in [0.1, 0.15) is 34.6 Å². The molecule has 0 aromatic heterocycles. The van der Waals surface area contributed by atoms with Crippen LogP contribution < -0.4 is 0 Å². The molecule has 0 saturated heterocycles. The van der Waals surface area contributed by atoms with Gasteiger partial charge in [0.2, 0.25) is 0 Å². The highest BCUT2D eigenvalue weighted by Gasteiger charge is 2.13. The predicted octanol–water partition coefficient (Wildman–Crippen LogP) is 1.40. The minimum atomic E-state index is -0.306. The third-order valence-electron chi connectivity index (χ3n) is 1.66. The molecule has 0 atom stereocenters. The summed E-state index contributed by atoms with van der Waals surface area (Å²) in [7, 11) is 0. The number of hydrogen-bond donors (Lipinski definition) is 2. The highest BCUT2D eigenvalue weighted by molar-refractivity contribution is 4.62. The van der Waals surface area contributed by atoms with Gasteiger partial charge in [-0.1, -0.05) is 13.8 Å². The van der Waals surface area contributed by atoms with Crippen LogP contribution in [0.15, 0.2) is 0 Å². The highest BCUT2D eigenvalue weighted by atomic mass is 16.7. The summed E-state index contributed by atoms with van der Waals surface area (Å²) in [5.74, 6) is 0. The first kappa shape index (κ1) is 17.2. The lowest BCUT2D eigenvalue weighted by atomic mass is 9.97. The van der Waals surface area contributed by atoms with E-state index in [0.29, 0.717) is 0 Å². The van der Waals surface area contributed by atoms with Gasteiger partial charge in [-0.2, -0.15) is 0 Å². The second-order valence-corrected chi connectivity index (χ2v) is 3.96. The fraction of sp³-hybridized carbons (Fsp3) is 1.00. The lowest BCUT2D eigenvalue weighted by molar-refractivity contribution is -0.123. The minimum absolute atomic E-state index is 0.0370. The molecule has 0 aromatic rings. The molecule has 0 aliphatic heterocycles. The lowest BCUT2D eigenvalue weighted by Crippen LogP contribution is -2.20. The molecule has 0 rings (SSSR count). The van der Waals surface area contributed by atoms with Gasteiger partial charge in [-0.05, 0) is 20.8 Å². The van der Waals surface area contributed by atoms with Crippen molar-refractivity contribution in [3.63, 3.8) is 0 Å². The maximum Gasteiger partial charge on any atom is 0.154 e. The van der Waals surface area contributed by atoms with Crippen LogP contribution >= 0.6 is 0 Å². The van der Waals surface area contributed by atoms with Crippen LogP contribution in [0.2, 0.25) is 0 Å². The summed E-state index contributed by atoms with van der Waals surface area (Å²) >= 11 is 0. The first-order valence-electron chi connectivity index (χ1n) is 5.38. The van der Waals surface area contributed by atoms with Gasteiger partial charge in [-0.25, -0.2) is 0 Å². The Labute approximate surface area is 93.2 Å². The Morgan fingerprint density at radius 3 is 1.47 bits per heavy atom. The summed E-state index contributed by atoms with van der Waals surface area (Å²) in [6, 6.07) is 0. The topological polar surface area (TPSA) is 58.9 Å². The smallest absolute Gasteiger partial charge is 0.154 e. The second kappa shape index (κ2) is 10.4. The van der Waals surface area contributed by atoms with E-state index in [1.54, 1.807) is 13.8 Å². The summed E-state index contributed by atoms with van der Waals surface area (Å²) in [5, 5.41) is 16.9. The number of rotatable bonds is 6. The third kappa shape index (κ3) is 13.8. The van der Waals surface area contributed by atoms with E-state index in [4.69, 9.17) is 19.7 Å². The molecule has 94 valence electrons. The molecule has 0 unspecified atom stereocenters. The van der Waals surface area contributed by atoms with E-state index in [1.165, 1.54) is 0 Å². The molecule has 15 heavy (non-hydrogen) atoms. The first-order chi connectivity index (χ1) is 6.93. The normalized spacial score (nSPS) is 11.2. The van der Waals surface area contributed by atoms with Crippen molar-refractivity contribution in [2.24, 2.45) is 5.41 Å². The van der Waals surface area contributed by atoms with Crippen LogP contribution in [-0.2, 0) is 9.47 Å². The maximum absolute atomic E-state index is 8.43. The molecule has 0 aliphatic rings. The molecule has 0 saturated carbocycles. The number of aliphatic hydroxyl groups is 2. The fourth-order valence-corrected chi connectivity index (χ4v) is 0.568. The van der Waals surface area contributed by atoms with E-state index in [2.05, 4.69) is 0 Å². The molecule has 2 N–H and O–H groups in total. The molecule has 0 fully saturated rings. The van der Waals surface area contributed by atoms with Gasteiger partial charge < -0.3 is 19.7 Å². The highest BCUT2D eigenvalue weighted by Crippen LogP contribution is 2.10. The predicted molar refractivity (Wildman–Crippen MR) is 60.7 cm³/mol. The van der Waals surface area contributed by atoms with Crippen molar-refractivity contribution in [3.05, 3.63) is 0 Å². The summed E-state index contributed by atoms with van der Waals surface area (Å²) in [6.45, 7) is 10.9. The number of hydrogen-bond acceptors (Lipinski definition) is 4. The average Bonchev–Trinajstić information content (AvgIpc) is 2.20.